The molecule has 0 saturated carbocycles. The summed E-state index contributed by atoms with van der Waals surface area (Å²) in [6.45, 7) is 0.0757. The normalized spacial score (nSPS) is 16.9. The Morgan fingerprint density at radius 2 is 1.73 bits per heavy atom. The molecule has 166 valence electrons. The summed E-state index contributed by atoms with van der Waals surface area (Å²) in [5.41, 5.74) is 0. The molecule has 3 unspecified atom stereocenters. The lowest BCUT2D eigenvalue weighted by molar-refractivity contribution is -0.143. The van der Waals surface area contributed by atoms with Crippen LogP contribution in [-0.4, -0.2) is 64.0 Å². The number of carboxylic acid groups (broad SMARTS) is 2. The molecule has 0 fully saturated rings. The fourth-order valence-corrected chi connectivity index (χ4v) is 2.84. The van der Waals surface area contributed by atoms with E-state index in [4.69, 9.17) is 9.84 Å². The van der Waals surface area contributed by atoms with Crippen LogP contribution in [0.15, 0.2) is 24.3 Å². The van der Waals surface area contributed by atoms with Crippen molar-refractivity contribution in [3.63, 3.8) is 0 Å². The van der Waals surface area contributed by atoms with Gasteiger partial charge in [0, 0.05) is 18.8 Å². The third-order valence-corrected chi connectivity index (χ3v) is 4.85. The van der Waals surface area contributed by atoms with Crippen LogP contribution in [0, 0.1) is 5.92 Å². The minimum atomic E-state index is -1.36. The number of Topliss-reactive ketones (excluding diaryl/α,β-unsaturated/α-hetero) is 1. The lowest BCUT2D eigenvalue weighted by Gasteiger charge is -2.21. The van der Waals surface area contributed by atoms with E-state index >= 15 is 0 Å². The minimum Gasteiger partial charge on any atom is -0.481 e. The second-order valence-corrected chi connectivity index (χ2v) is 7.21. The largest absolute Gasteiger partial charge is 0.481 e. The Hall–Kier alpha value is -2.69. The quantitative estimate of drug-likeness (QED) is 0.283. The minimum absolute atomic E-state index is 0.00425. The molecule has 0 radical (unpaired) electrons. The van der Waals surface area contributed by atoms with Crippen molar-refractivity contribution < 1.29 is 38.9 Å². The van der Waals surface area contributed by atoms with Gasteiger partial charge in [0.25, 0.3) is 0 Å². The average Bonchev–Trinajstić information content (AvgIpc) is 2.72. The van der Waals surface area contributed by atoms with Crippen LogP contribution < -0.4 is 10.6 Å². The fraction of sp³-hybridized carbons (Fsp3) is 0.526. The predicted molar refractivity (Wildman–Crippen MR) is 109 cm³/mol. The van der Waals surface area contributed by atoms with Gasteiger partial charge in [-0.05, 0) is 19.3 Å². The first-order valence-corrected chi connectivity index (χ1v) is 10.4. The topological polar surface area (TPSA) is 159 Å². The van der Waals surface area contributed by atoms with E-state index in [1.807, 2.05) is 24.3 Å². The third-order valence-electron chi connectivity index (χ3n) is 4.23. The standard InChI is InChI=1S/C19H25BrN2O8/c20-10-13(23)6-7-15(18(27)28)21-17(26)14(8-9-16(24)25)22-19(29)30-11-12-4-2-1-3-5-12/h1-4,12,14-15H,5-11H2,(H,21,26)(H,22,29)(H,24,25)(H,27,28). The van der Waals surface area contributed by atoms with Crippen molar-refractivity contribution in [1.29, 1.82) is 0 Å². The highest BCUT2D eigenvalue weighted by Gasteiger charge is 2.28. The van der Waals surface area contributed by atoms with Gasteiger partial charge in [-0.2, -0.15) is 0 Å². The predicted octanol–water partition coefficient (Wildman–Crippen LogP) is 1.39. The number of allylic oxidation sites excluding steroid dienone is 3. The van der Waals surface area contributed by atoms with Gasteiger partial charge < -0.3 is 25.6 Å². The van der Waals surface area contributed by atoms with Crippen LogP contribution in [0.1, 0.15) is 32.1 Å². The smallest absolute Gasteiger partial charge is 0.407 e. The first kappa shape index (κ1) is 25.3. The molecular formula is C19H25BrN2O8. The molecule has 4 N–H and O–H groups in total. The number of ketones is 1. The van der Waals surface area contributed by atoms with Gasteiger partial charge >= 0.3 is 18.0 Å². The van der Waals surface area contributed by atoms with E-state index in [9.17, 15) is 29.1 Å². The van der Waals surface area contributed by atoms with E-state index in [0.29, 0.717) is 6.42 Å². The van der Waals surface area contributed by atoms with E-state index < -0.39 is 42.4 Å². The Bertz CT molecular complexity index is 707. The maximum absolute atomic E-state index is 12.5. The molecule has 11 heteroatoms. The highest BCUT2D eigenvalue weighted by Crippen LogP contribution is 2.12. The molecule has 2 amide bonds. The molecule has 0 aliphatic heterocycles. The molecule has 0 saturated heterocycles. The number of halogens is 1. The van der Waals surface area contributed by atoms with Gasteiger partial charge in [0.1, 0.15) is 17.9 Å². The van der Waals surface area contributed by atoms with E-state index in [2.05, 4.69) is 26.6 Å². The van der Waals surface area contributed by atoms with E-state index in [-0.39, 0.29) is 42.9 Å². The van der Waals surface area contributed by atoms with Crippen molar-refractivity contribution in [2.24, 2.45) is 5.92 Å². The third kappa shape index (κ3) is 10.2. The summed E-state index contributed by atoms with van der Waals surface area (Å²) < 4.78 is 5.09. The second kappa shape index (κ2) is 13.5. The van der Waals surface area contributed by atoms with Crippen molar-refractivity contribution >= 4 is 45.7 Å². The second-order valence-electron chi connectivity index (χ2n) is 6.65. The maximum atomic E-state index is 12.5. The monoisotopic (exact) mass is 488 g/mol. The van der Waals surface area contributed by atoms with Crippen LogP contribution in [-0.2, 0) is 23.9 Å². The fourth-order valence-electron chi connectivity index (χ4n) is 2.56. The van der Waals surface area contributed by atoms with Gasteiger partial charge in [0.2, 0.25) is 5.91 Å². The number of alkyl carbamates (subject to hydrolysis) is 1. The number of hydrogen-bond donors (Lipinski definition) is 4. The Morgan fingerprint density at radius 1 is 1.03 bits per heavy atom. The van der Waals surface area contributed by atoms with Gasteiger partial charge in [-0.15, -0.1) is 0 Å². The number of carbonyl (C=O) groups excluding carboxylic acids is 3. The summed E-state index contributed by atoms with van der Waals surface area (Å²) in [4.78, 5) is 58.1. The number of hydrogen-bond acceptors (Lipinski definition) is 6. The lowest BCUT2D eigenvalue weighted by Crippen LogP contribution is -2.52. The van der Waals surface area contributed by atoms with Crippen LogP contribution in [0.25, 0.3) is 0 Å². The molecule has 3 atom stereocenters. The molecule has 30 heavy (non-hydrogen) atoms. The van der Waals surface area contributed by atoms with Crippen molar-refractivity contribution in [2.45, 2.75) is 44.2 Å². The zero-order valence-electron chi connectivity index (χ0n) is 16.2. The number of ether oxygens (including phenoxy) is 1. The Labute approximate surface area is 181 Å². The summed E-state index contributed by atoms with van der Waals surface area (Å²) in [6.07, 6.45) is 6.38. The number of amides is 2. The lowest BCUT2D eigenvalue weighted by atomic mass is 10.0. The highest BCUT2D eigenvalue weighted by molar-refractivity contribution is 9.09. The van der Waals surface area contributed by atoms with Crippen molar-refractivity contribution in [3.05, 3.63) is 24.3 Å². The van der Waals surface area contributed by atoms with Gasteiger partial charge in [-0.1, -0.05) is 40.2 Å². The molecule has 0 aromatic heterocycles. The number of nitrogens with one attached hydrogen (secondary N) is 2. The van der Waals surface area contributed by atoms with Crippen molar-refractivity contribution in [3.8, 4) is 0 Å². The number of carbonyl (C=O) groups is 5. The zero-order chi connectivity index (χ0) is 22.5. The molecule has 0 bridgehead atoms. The summed E-state index contributed by atoms with van der Waals surface area (Å²) in [7, 11) is 0. The van der Waals surface area contributed by atoms with E-state index in [0.717, 1.165) is 0 Å². The first-order valence-electron chi connectivity index (χ1n) is 9.32. The van der Waals surface area contributed by atoms with Gasteiger partial charge in [-0.25, -0.2) is 9.59 Å². The van der Waals surface area contributed by atoms with Crippen LogP contribution in [0.2, 0.25) is 0 Å². The number of carboxylic acids is 2. The van der Waals surface area contributed by atoms with Gasteiger partial charge in [-0.3, -0.25) is 14.4 Å². The Balaban J connectivity index is 2.67. The summed E-state index contributed by atoms with van der Waals surface area (Å²) >= 11 is 2.97. The maximum Gasteiger partial charge on any atom is 0.407 e. The average molecular weight is 489 g/mol. The zero-order valence-corrected chi connectivity index (χ0v) is 17.8. The molecule has 0 spiro atoms. The molecule has 1 aliphatic carbocycles. The molecule has 1 aliphatic rings. The van der Waals surface area contributed by atoms with Crippen LogP contribution in [0.4, 0.5) is 4.79 Å². The van der Waals surface area contributed by atoms with Gasteiger partial charge in [0.05, 0.1) is 11.9 Å². The first-order chi connectivity index (χ1) is 14.2. The van der Waals surface area contributed by atoms with Crippen molar-refractivity contribution in [1.82, 2.24) is 10.6 Å². The molecule has 1 rings (SSSR count). The number of aliphatic carboxylic acids is 2. The SMILES string of the molecule is O=C(O)CCC(NC(=O)OCC1C=CC=CC1)C(=O)NC(CCC(=O)CBr)C(=O)O. The summed E-state index contributed by atoms with van der Waals surface area (Å²) in [5.74, 6) is -3.63. The van der Waals surface area contributed by atoms with E-state index in [1.54, 1.807) is 0 Å². The Kier molecular flexibility index (Phi) is 11.4. The molecular weight excluding hydrogens is 464 g/mol. The Morgan fingerprint density at radius 3 is 2.30 bits per heavy atom. The van der Waals surface area contributed by atoms with Crippen LogP contribution >= 0.6 is 15.9 Å². The molecule has 0 heterocycles. The molecule has 0 aromatic rings. The van der Waals surface area contributed by atoms with Crippen LogP contribution in [0.5, 0.6) is 0 Å². The number of rotatable bonds is 13. The van der Waals surface area contributed by atoms with Gasteiger partial charge in [0.15, 0.2) is 0 Å². The van der Waals surface area contributed by atoms with Crippen molar-refractivity contribution in [2.75, 3.05) is 11.9 Å². The molecule has 0 aromatic carbocycles. The molecule has 10 nitrogen and oxygen atoms in total. The van der Waals surface area contributed by atoms with Crippen LogP contribution in [0.3, 0.4) is 0 Å². The number of alkyl halides is 1. The summed E-state index contributed by atoms with van der Waals surface area (Å²) in [5, 5.41) is 22.7. The van der Waals surface area contributed by atoms with E-state index in [1.165, 1.54) is 0 Å². The summed E-state index contributed by atoms with van der Waals surface area (Å²) in [6, 6.07) is -2.66. The highest BCUT2D eigenvalue weighted by atomic mass is 79.9.